The van der Waals surface area contributed by atoms with Gasteiger partial charge in [0, 0.05) is 25.9 Å². The number of carbonyl (C=O) groups excluding carboxylic acids is 1. The van der Waals surface area contributed by atoms with E-state index in [4.69, 9.17) is 9.47 Å². The van der Waals surface area contributed by atoms with E-state index in [0.717, 1.165) is 5.56 Å². The Labute approximate surface area is 116 Å². The standard InChI is InChI=1S/C12H17N5O3/c1-9-11(12(18)20-5-4-19-3)14-15-17(9)8-10-6-13-16(2)7-10/h6-7H,4-5,8H2,1-3H3. The Kier molecular flexibility index (Phi) is 4.46. The molecular weight excluding hydrogens is 262 g/mol. The maximum Gasteiger partial charge on any atom is 0.360 e. The minimum Gasteiger partial charge on any atom is -0.458 e. The molecule has 0 saturated carbocycles. The third-order valence-corrected chi connectivity index (χ3v) is 2.79. The lowest BCUT2D eigenvalue weighted by Crippen LogP contribution is -2.12. The van der Waals surface area contributed by atoms with E-state index in [-0.39, 0.29) is 12.3 Å². The lowest BCUT2D eigenvalue weighted by molar-refractivity contribution is 0.0380. The molecule has 8 nitrogen and oxygen atoms in total. The minimum atomic E-state index is -0.489. The molecule has 0 N–H and O–H groups in total. The average Bonchev–Trinajstić information content (AvgIpc) is 2.98. The topological polar surface area (TPSA) is 84.1 Å². The van der Waals surface area contributed by atoms with Crippen molar-refractivity contribution in [1.82, 2.24) is 24.8 Å². The van der Waals surface area contributed by atoms with Gasteiger partial charge in [-0.3, -0.25) is 4.68 Å². The lowest BCUT2D eigenvalue weighted by atomic mass is 10.3. The van der Waals surface area contributed by atoms with Crippen molar-refractivity contribution in [2.24, 2.45) is 7.05 Å². The van der Waals surface area contributed by atoms with Crippen LogP contribution < -0.4 is 0 Å². The van der Waals surface area contributed by atoms with Gasteiger partial charge in [-0.2, -0.15) is 5.10 Å². The molecule has 0 saturated heterocycles. The molecule has 0 fully saturated rings. The summed E-state index contributed by atoms with van der Waals surface area (Å²) in [5.41, 5.74) is 1.88. The smallest absolute Gasteiger partial charge is 0.360 e. The highest BCUT2D eigenvalue weighted by Crippen LogP contribution is 2.08. The predicted octanol–water partition coefficient (Wildman–Crippen LogP) is 0.172. The number of esters is 1. The van der Waals surface area contributed by atoms with Crippen LogP contribution in [0.3, 0.4) is 0 Å². The fourth-order valence-electron chi connectivity index (χ4n) is 1.71. The van der Waals surface area contributed by atoms with Crippen molar-refractivity contribution < 1.29 is 14.3 Å². The van der Waals surface area contributed by atoms with Crippen LogP contribution in [0.25, 0.3) is 0 Å². The van der Waals surface area contributed by atoms with Crippen LogP contribution in [-0.4, -0.2) is 51.1 Å². The molecule has 2 aromatic rings. The molecule has 0 aliphatic rings. The fourth-order valence-corrected chi connectivity index (χ4v) is 1.71. The molecule has 2 rings (SSSR count). The van der Waals surface area contributed by atoms with Crippen molar-refractivity contribution in [3.63, 3.8) is 0 Å². The first-order valence-corrected chi connectivity index (χ1v) is 6.15. The SMILES string of the molecule is COCCOC(=O)c1nnn(Cc2cnn(C)c2)c1C. The van der Waals surface area contributed by atoms with Crippen molar-refractivity contribution in [3.05, 3.63) is 29.3 Å². The maximum absolute atomic E-state index is 11.8. The Balaban J connectivity index is 2.04. The summed E-state index contributed by atoms with van der Waals surface area (Å²) in [6, 6.07) is 0. The lowest BCUT2D eigenvalue weighted by Gasteiger charge is -2.03. The summed E-state index contributed by atoms with van der Waals surface area (Å²) in [5.74, 6) is -0.489. The molecule has 0 aliphatic heterocycles. The van der Waals surface area contributed by atoms with Crippen LogP contribution in [-0.2, 0) is 23.1 Å². The normalized spacial score (nSPS) is 10.8. The Morgan fingerprint density at radius 2 is 2.20 bits per heavy atom. The fraction of sp³-hybridized carbons (Fsp3) is 0.500. The Hall–Kier alpha value is -2.22. The highest BCUT2D eigenvalue weighted by atomic mass is 16.6. The Morgan fingerprint density at radius 3 is 2.85 bits per heavy atom. The molecule has 0 aromatic carbocycles. The van der Waals surface area contributed by atoms with Crippen LogP contribution in [0.2, 0.25) is 0 Å². The van der Waals surface area contributed by atoms with E-state index in [1.165, 1.54) is 0 Å². The van der Waals surface area contributed by atoms with Crippen LogP contribution in [0.15, 0.2) is 12.4 Å². The molecule has 0 aliphatic carbocycles. The van der Waals surface area contributed by atoms with Crippen molar-refractivity contribution in [1.29, 1.82) is 0 Å². The number of rotatable bonds is 6. The van der Waals surface area contributed by atoms with Crippen molar-refractivity contribution in [3.8, 4) is 0 Å². The number of ether oxygens (including phenoxy) is 2. The van der Waals surface area contributed by atoms with Crippen molar-refractivity contribution >= 4 is 5.97 Å². The zero-order valence-electron chi connectivity index (χ0n) is 11.7. The van der Waals surface area contributed by atoms with E-state index in [2.05, 4.69) is 15.4 Å². The van der Waals surface area contributed by atoms with Crippen LogP contribution in [0.4, 0.5) is 0 Å². The van der Waals surface area contributed by atoms with Gasteiger partial charge in [0.25, 0.3) is 0 Å². The first kappa shape index (κ1) is 14.2. The summed E-state index contributed by atoms with van der Waals surface area (Å²) in [6.07, 6.45) is 3.63. The zero-order chi connectivity index (χ0) is 14.5. The summed E-state index contributed by atoms with van der Waals surface area (Å²) in [4.78, 5) is 11.8. The predicted molar refractivity (Wildman–Crippen MR) is 69.2 cm³/mol. The van der Waals surface area contributed by atoms with Crippen molar-refractivity contribution in [2.75, 3.05) is 20.3 Å². The Bertz CT molecular complexity index is 590. The molecule has 0 radical (unpaired) electrons. The molecule has 0 unspecified atom stereocenters. The monoisotopic (exact) mass is 279 g/mol. The summed E-state index contributed by atoms with van der Waals surface area (Å²) in [7, 11) is 3.39. The molecule has 0 bridgehead atoms. The van der Waals surface area contributed by atoms with E-state index in [1.54, 1.807) is 29.6 Å². The third kappa shape index (κ3) is 3.21. The molecule has 0 amide bonds. The van der Waals surface area contributed by atoms with Gasteiger partial charge in [-0.25, -0.2) is 9.48 Å². The zero-order valence-corrected chi connectivity index (χ0v) is 11.7. The summed E-state index contributed by atoms with van der Waals surface area (Å²) < 4.78 is 13.2. The van der Waals surface area contributed by atoms with Gasteiger partial charge < -0.3 is 9.47 Å². The van der Waals surface area contributed by atoms with Gasteiger partial charge in [0.2, 0.25) is 0 Å². The van der Waals surface area contributed by atoms with Gasteiger partial charge in [0.15, 0.2) is 5.69 Å². The molecule has 2 aromatic heterocycles. The number of aryl methyl sites for hydroxylation is 1. The first-order valence-electron chi connectivity index (χ1n) is 6.15. The highest BCUT2D eigenvalue weighted by molar-refractivity contribution is 5.88. The van der Waals surface area contributed by atoms with E-state index >= 15 is 0 Å². The summed E-state index contributed by atoms with van der Waals surface area (Å²) in [6.45, 7) is 2.85. The molecule has 20 heavy (non-hydrogen) atoms. The second-order valence-electron chi connectivity index (χ2n) is 4.33. The van der Waals surface area contributed by atoms with Crippen LogP contribution >= 0.6 is 0 Å². The number of hydrogen-bond acceptors (Lipinski definition) is 6. The number of nitrogens with zero attached hydrogens (tertiary/aromatic N) is 5. The quantitative estimate of drug-likeness (QED) is 0.553. The van der Waals surface area contributed by atoms with Gasteiger partial charge in [-0.05, 0) is 6.92 Å². The van der Waals surface area contributed by atoms with E-state index in [1.807, 2.05) is 13.2 Å². The van der Waals surface area contributed by atoms with Crippen LogP contribution in [0, 0.1) is 6.92 Å². The largest absolute Gasteiger partial charge is 0.458 e. The van der Waals surface area contributed by atoms with Gasteiger partial charge in [-0.1, -0.05) is 5.21 Å². The van der Waals surface area contributed by atoms with Gasteiger partial charge in [0.1, 0.15) is 6.61 Å². The number of aromatic nitrogens is 5. The van der Waals surface area contributed by atoms with Crippen LogP contribution in [0.1, 0.15) is 21.7 Å². The van der Waals surface area contributed by atoms with Crippen LogP contribution in [0.5, 0.6) is 0 Å². The summed E-state index contributed by atoms with van der Waals surface area (Å²) >= 11 is 0. The third-order valence-electron chi connectivity index (χ3n) is 2.79. The molecule has 108 valence electrons. The summed E-state index contributed by atoms with van der Waals surface area (Å²) in [5, 5.41) is 11.9. The second-order valence-corrected chi connectivity index (χ2v) is 4.33. The van der Waals surface area contributed by atoms with Gasteiger partial charge in [0.05, 0.1) is 25.0 Å². The highest BCUT2D eigenvalue weighted by Gasteiger charge is 2.18. The molecular formula is C12H17N5O3. The molecule has 8 heteroatoms. The minimum absolute atomic E-state index is 0.199. The number of hydrogen-bond donors (Lipinski definition) is 0. The first-order chi connectivity index (χ1) is 9.61. The Morgan fingerprint density at radius 1 is 1.40 bits per heavy atom. The molecule has 0 atom stereocenters. The second kappa shape index (κ2) is 6.29. The number of carbonyl (C=O) groups is 1. The van der Waals surface area contributed by atoms with Gasteiger partial charge in [-0.15, -0.1) is 5.10 Å². The van der Waals surface area contributed by atoms with E-state index < -0.39 is 5.97 Å². The molecule has 0 spiro atoms. The van der Waals surface area contributed by atoms with Gasteiger partial charge >= 0.3 is 5.97 Å². The maximum atomic E-state index is 11.8. The number of methoxy groups -OCH3 is 1. The van der Waals surface area contributed by atoms with E-state index in [9.17, 15) is 4.79 Å². The molecule has 2 heterocycles. The van der Waals surface area contributed by atoms with E-state index in [0.29, 0.717) is 18.8 Å². The van der Waals surface area contributed by atoms with Crippen molar-refractivity contribution in [2.45, 2.75) is 13.5 Å². The average molecular weight is 279 g/mol.